The quantitative estimate of drug-likeness (QED) is 0.399. The monoisotopic (exact) mass is 642 g/mol. The Hall–Kier alpha value is -3.93. The van der Waals surface area contributed by atoms with Gasteiger partial charge < -0.3 is 10.1 Å². The largest absolute Gasteiger partial charge is 0.379 e. The smallest absolute Gasteiger partial charge is 0.337 e. The Balaban J connectivity index is 1.13. The molecule has 4 aliphatic rings. The molecule has 2 saturated carbocycles. The molecule has 1 atom stereocenters. The van der Waals surface area contributed by atoms with E-state index in [-0.39, 0.29) is 34.9 Å². The van der Waals surface area contributed by atoms with Gasteiger partial charge in [-0.15, -0.1) is 0 Å². The fraction of sp³-hybridized carbons (Fsp3) is 0.500. The van der Waals surface area contributed by atoms with Gasteiger partial charge in [0, 0.05) is 43.3 Å². The van der Waals surface area contributed by atoms with E-state index in [0.717, 1.165) is 57.4 Å². The molecule has 3 aromatic rings. The van der Waals surface area contributed by atoms with E-state index in [0.29, 0.717) is 37.8 Å². The van der Waals surface area contributed by atoms with Crippen LogP contribution in [0.15, 0.2) is 64.3 Å². The number of amides is 1. The first-order chi connectivity index (χ1) is 22.7. The number of rotatable bonds is 8. The van der Waals surface area contributed by atoms with Crippen molar-refractivity contribution in [3.63, 3.8) is 0 Å². The lowest BCUT2D eigenvalue weighted by molar-refractivity contribution is -0.128. The molecule has 3 aliphatic carbocycles. The van der Waals surface area contributed by atoms with E-state index >= 15 is 0 Å². The van der Waals surface area contributed by atoms with Crippen molar-refractivity contribution in [2.75, 3.05) is 40.4 Å². The molecular weight excluding hydrogens is 599 g/mol. The fourth-order valence-corrected chi connectivity index (χ4v) is 7.50. The first kappa shape index (κ1) is 31.7. The van der Waals surface area contributed by atoms with Gasteiger partial charge in [-0.1, -0.05) is 36.4 Å². The fourth-order valence-electron chi connectivity index (χ4n) is 7.50. The number of nitrogens with one attached hydrogen (secondary N) is 1. The summed E-state index contributed by atoms with van der Waals surface area (Å²) in [5.74, 6) is -0.553. The molecule has 1 amide bonds. The van der Waals surface area contributed by atoms with Gasteiger partial charge in [0.15, 0.2) is 5.65 Å². The Morgan fingerprint density at radius 3 is 2.49 bits per heavy atom. The summed E-state index contributed by atoms with van der Waals surface area (Å²) in [5, 5.41) is 3.30. The van der Waals surface area contributed by atoms with Gasteiger partial charge in [0.25, 0.3) is 5.56 Å². The van der Waals surface area contributed by atoms with Crippen LogP contribution < -0.4 is 16.6 Å². The van der Waals surface area contributed by atoms with Crippen molar-refractivity contribution in [2.45, 2.75) is 75.0 Å². The van der Waals surface area contributed by atoms with Crippen LogP contribution in [0.5, 0.6) is 0 Å². The SMILES string of the molecule is CN(C)C1(C(=O)N[C@H]2CC[C@@H](n3c(=O)c4cc(F)cnc4n(C4=CC=CC(c5ccc(CN6CCOCC6)cc5)C4)c3=O)CC2)CC1. The van der Waals surface area contributed by atoms with Crippen molar-refractivity contribution in [1.82, 2.24) is 29.2 Å². The Labute approximate surface area is 273 Å². The number of ether oxygens (including phenoxy) is 1. The van der Waals surface area contributed by atoms with Gasteiger partial charge in [-0.25, -0.2) is 18.7 Å². The van der Waals surface area contributed by atoms with Gasteiger partial charge in [0.05, 0.1) is 30.3 Å². The van der Waals surface area contributed by atoms with E-state index in [4.69, 9.17) is 4.74 Å². The summed E-state index contributed by atoms with van der Waals surface area (Å²) in [6.45, 7) is 4.27. The second-order valence-electron chi connectivity index (χ2n) is 13.7. The third-order valence-corrected chi connectivity index (χ3v) is 10.6. The molecule has 3 heterocycles. The summed E-state index contributed by atoms with van der Waals surface area (Å²) < 4.78 is 22.8. The summed E-state index contributed by atoms with van der Waals surface area (Å²) in [4.78, 5) is 49.7. The van der Waals surface area contributed by atoms with Gasteiger partial charge in [0.1, 0.15) is 5.82 Å². The van der Waals surface area contributed by atoms with E-state index in [1.807, 2.05) is 31.1 Å². The maximum Gasteiger partial charge on any atom is 0.337 e. The van der Waals surface area contributed by atoms with E-state index < -0.39 is 22.6 Å². The molecule has 0 bridgehead atoms. The Bertz CT molecular complexity index is 1830. The summed E-state index contributed by atoms with van der Waals surface area (Å²) in [6, 6.07) is 9.41. The predicted molar refractivity (Wildman–Crippen MR) is 179 cm³/mol. The van der Waals surface area contributed by atoms with E-state index in [2.05, 4.69) is 45.5 Å². The molecule has 1 saturated heterocycles. The van der Waals surface area contributed by atoms with Gasteiger partial charge >= 0.3 is 5.69 Å². The maximum atomic E-state index is 14.5. The molecule has 1 N–H and O–H groups in total. The average molecular weight is 643 g/mol. The number of carbonyl (C=O) groups excluding carboxylic acids is 1. The molecule has 1 unspecified atom stereocenters. The zero-order valence-corrected chi connectivity index (χ0v) is 27.2. The standard InChI is InChI=1S/C36H43FN6O4/c1-40(2)36(14-15-36)34(45)39-28-10-12-29(13-11-28)43-33(44)31-21-27(37)22-38-32(31)42(35(43)46)30-5-3-4-26(20-30)25-8-6-24(7-9-25)23-41-16-18-47-19-17-41/h3-9,21-22,26,28-29H,10-20,23H2,1-2H3,(H,39,45)/t26?,28-,29+. The molecule has 3 fully saturated rings. The van der Waals surface area contributed by atoms with Crippen LogP contribution >= 0.6 is 0 Å². The lowest BCUT2D eigenvalue weighted by Gasteiger charge is -2.32. The number of nitrogens with zero attached hydrogens (tertiary/aromatic N) is 5. The van der Waals surface area contributed by atoms with Crippen LogP contribution in [0.4, 0.5) is 4.39 Å². The summed E-state index contributed by atoms with van der Waals surface area (Å²) in [5.41, 5.74) is 1.84. The lowest BCUT2D eigenvalue weighted by atomic mass is 9.90. The van der Waals surface area contributed by atoms with Crippen molar-refractivity contribution in [2.24, 2.45) is 0 Å². The molecule has 1 aliphatic heterocycles. The number of benzene rings is 1. The number of pyridine rings is 1. The third kappa shape index (κ3) is 6.24. The molecule has 7 rings (SSSR count). The van der Waals surface area contributed by atoms with Crippen molar-refractivity contribution < 1.29 is 13.9 Å². The summed E-state index contributed by atoms with van der Waals surface area (Å²) in [6.07, 6.45) is 11.6. The molecule has 248 valence electrons. The highest BCUT2D eigenvalue weighted by molar-refractivity contribution is 5.89. The molecule has 11 heteroatoms. The maximum absolute atomic E-state index is 14.5. The van der Waals surface area contributed by atoms with Crippen LogP contribution in [-0.4, -0.2) is 81.8 Å². The normalized spacial score (nSPS) is 24.3. The van der Waals surface area contributed by atoms with E-state index in [1.54, 1.807) is 0 Å². The first-order valence-electron chi connectivity index (χ1n) is 16.8. The number of allylic oxidation sites excluding steroid dienone is 4. The highest BCUT2D eigenvalue weighted by Crippen LogP contribution is 2.41. The van der Waals surface area contributed by atoms with Crippen LogP contribution in [-0.2, 0) is 16.1 Å². The molecular formula is C36H43FN6O4. The van der Waals surface area contributed by atoms with Crippen LogP contribution in [0, 0.1) is 5.82 Å². The topological polar surface area (TPSA) is 102 Å². The van der Waals surface area contributed by atoms with Crippen molar-refractivity contribution >= 4 is 22.6 Å². The van der Waals surface area contributed by atoms with Crippen molar-refractivity contribution in [1.29, 1.82) is 0 Å². The zero-order chi connectivity index (χ0) is 32.7. The number of hydrogen-bond acceptors (Lipinski definition) is 7. The van der Waals surface area contributed by atoms with Crippen molar-refractivity contribution in [3.8, 4) is 0 Å². The number of aromatic nitrogens is 3. The highest BCUT2D eigenvalue weighted by atomic mass is 19.1. The second-order valence-corrected chi connectivity index (χ2v) is 13.7. The summed E-state index contributed by atoms with van der Waals surface area (Å²) >= 11 is 0. The minimum absolute atomic E-state index is 0.0131. The molecule has 0 radical (unpaired) electrons. The van der Waals surface area contributed by atoms with Gasteiger partial charge in [-0.2, -0.15) is 0 Å². The van der Waals surface area contributed by atoms with Crippen molar-refractivity contribution in [3.05, 3.63) is 92.5 Å². The van der Waals surface area contributed by atoms with Crippen LogP contribution in [0.25, 0.3) is 16.7 Å². The third-order valence-electron chi connectivity index (χ3n) is 10.6. The molecule has 10 nitrogen and oxygen atoms in total. The summed E-state index contributed by atoms with van der Waals surface area (Å²) in [7, 11) is 3.86. The molecule has 0 spiro atoms. The highest BCUT2D eigenvalue weighted by Gasteiger charge is 2.52. The number of likely N-dealkylation sites (N-methyl/N-ethyl adjacent to an activating group) is 1. The van der Waals surface area contributed by atoms with Crippen LogP contribution in [0.1, 0.15) is 68.0 Å². The Kier molecular flexibility index (Phi) is 8.71. The van der Waals surface area contributed by atoms with E-state index in [9.17, 15) is 18.8 Å². The number of hydrogen-bond donors (Lipinski definition) is 1. The average Bonchev–Trinajstić information content (AvgIpc) is 3.90. The molecule has 2 aromatic heterocycles. The Morgan fingerprint density at radius 2 is 1.81 bits per heavy atom. The van der Waals surface area contributed by atoms with Crippen LogP contribution in [0.3, 0.4) is 0 Å². The number of fused-ring (bicyclic) bond motifs is 1. The zero-order valence-electron chi connectivity index (χ0n) is 27.2. The lowest BCUT2D eigenvalue weighted by Crippen LogP contribution is -2.50. The number of carbonyl (C=O) groups is 1. The number of halogens is 1. The van der Waals surface area contributed by atoms with Gasteiger partial charge in [-0.05, 0) is 82.3 Å². The molecule has 1 aromatic carbocycles. The van der Waals surface area contributed by atoms with Gasteiger partial charge in [-0.3, -0.25) is 24.0 Å². The van der Waals surface area contributed by atoms with Crippen LogP contribution in [0.2, 0.25) is 0 Å². The van der Waals surface area contributed by atoms with E-state index in [1.165, 1.54) is 20.8 Å². The first-order valence-corrected chi connectivity index (χ1v) is 16.8. The number of morpholine rings is 1. The predicted octanol–water partition coefficient (Wildman–Crippen LogP) is 3.81. The minimum Gasteiger partial charge on any atom is -0.379 e. The van der Waals surface area contributed by atoms with Gasteiger partial charge in [0.2, 0.25) is 5.91 Å². The molecule has 47 heavy (non-hydrogen) atoms. The minimum atomic E-state index is -0.625. The Morgan fingerprint density at radius 1 is 1.09 bits per heavy atom. The second kappa shape index (κ2) is 12.9.